The molecule has 2 heterocycles. The second-order valence-corrected chi connectivity index (χ2v) is 9.37. The number of amides is 1. The van der Waals surface area contributed by atoms with E-state index in [0.29, 0.717) is 28.4 Å². The minimum Gasteiger partial charge on any atom is -0.490 e. The van der Waals surface area contributed by atoms with Gasteiger partial charge in [0.1, 0.15) is 18.2 Å². The normalized spacial score (nSPS) is 19.0. The van der Waals surface area contributed by atoms with Crippen LogP contribution in [0.1, 0.15) is 35.2 Å². The Kier molecular flexibility index (Phi) is 5.42. The molecule has 1 aromatic heterocycles. The van der Waals surface area contributed by atoms with Gasteiger partial charge in [0.25, 0.3) is 5.91 Å². The van der Waals surface area contributed by atoms with Crippen LogP contribution in [0.4, 0.5) is 11.5 Å². The van der Waals surface area contributed by atoms with Crippen LogP contribution < -0.4 is 25.4 Å². The summed E-state index contributed by atoms with van der Waals surface area (Å²) >= 11 is 0. The molecule has 11 heteroatoms. The highest BCUT2D eigenvalue weighted by Crippen LogP contribution is 2.47. The summed E-state index contributed by atoms with van der Waals surface area (Å²) in [6.07, 6.45) is 4.19. The van der Waals surface area contributed by atoms with E-state index in [1.165, 1.54) is 0 Å². The van der Waals surface area contributed by atoms with E-state index in [2.05, 4.69) is 19.4 Å². The Bertz CT molecular complexity index is 1040. The number of pyridine rings is 1. The summed E-state index contributed by atoms with van der Waals surface area (Å²) in [5.74, 6) is 0.973. The molecule has 1 aliphatic heterocycles. The predicted molar refractivity (Wildman–Crippen MR) is 122 cm³/mol. The molecule has 1 aromatic carbocycles. The lowest BCUT2D eigenvalue weighted by molar-refractivity contribution is 0.0691. The van der Waals surface area contributed by atoms with Crippen LogP contribution in [0.2, 0.25) is 0 Å². The van der Waals surface area contributed by atoms with Crippen molar-refractivity contribution in [2.24, 2.45) is 10.1 Å². The van der Waals surface area contributed by atoms with Crippen LogP contribution in [0.5, 0.6) is 5.75 Å². The third kappa shape index (κ3) is 4.38. The molecule has 6 N–H and O–H groups in total. The minimum atomic E-state index is -3.36. The highest BCUT2D eigenvalue weighted by Gasteiger charge is 2.40. The molecule has 0 atom stereocenters. The standard InChI is InChI=1S/C20H26N6O4S/c1-26(2)16-11-13(7-10-22-16)19(27)23-20(8-4-9-20)12-30-15-6-3-5-14-17(15)18(21)25-31(28,29)24-14/h3,5-7,10-11,24,28-29H,4,8-9,12H2,1-2H3,(H2,21,25)(H,23,27). The summed E-state index contributed by atoms with van der Waals surface area (Å²) in [6, 6.07) is 8.56. The van der Waals surface area contributed by atoms with Crippen molar-refractivity contribution in [3.63, 3.8) is 0 Å². The van der Waals surface area contributed by atoms with Gasteiger partial charge in [0.2, 0.25) is 0 Å². The summed E-state index contributed by atoms with van der Waals surface area (Å²) < 4.78 is 32.0. The Morgan fingerprint density at radius 2 is 2.13 bits per heavy atom. The van der Waals surface area contributed by atoms with Gasteiger partial charge < -0.3 is 20.7 Å². The van der Waals surface area contributed by atoms with Gasteiger partial charge in [-0.15, -0.1) is 4.40 Å². The highest BCUT2D eigenvalue weighted by atomic mass is 32.3. The summed E-state index contributed by atoms with van der Waals surface area (Å²) in [5.41, 5.74) is 6.91. The van der Waals surface area contributed by atoms with Gasteiger partial charge in [-0.2, -0.15) is 0 Å². The topological polar surface area (TPSA) is 145 Å². The second-order valence-electron chi connectivity index (χ2n) is 7.95. The molecular weight excluding hydrogens is 420 g/mol. The Labute approximate surface area is 182 Å². The van der Waals surface area contributed by atoms with Crippen molar-refractivity contribution in [1.82, 2.24) is 10.3 Å². The van der Waals surface area contributed by atoms with E-state index in [1.54, 1.807) is 36.5 Å². The van der Waals surface area contributed by atoms with Crippen molar-refractivity contribution in [2.45, 2.75) is 24.8 Å². The van der Waals surface area contributed by atoms with Crippen LogP contribution in [0.15, 0.2) is 40.9 Å². The largest absolute Gasteiger partial charge is 0.490 e. The predicted octanol–water partition coefficient (Wildman–Crippen LogP) is 2.59. The molecule has 1 saturated carbocycles. The molecule has 1 fully saturated rings. The zero-order valence-corrected chi connectivity index (χ0v) is 18.1. The lowest BCUT2D eigenvalue weighted by atomic mass is 9.77. The minimum absolute atomic E-state index is 0.0101. The van der Waals surface area contributed by atoms with E-state index in [-0.39, 0.29) is 18.3 Å². The molecule has 2 aromatic rings. The number of amidine groups is 1. The Morgan fingerprint density at radius 3 is 2.81 bits per heavy atom. The maximum atomic E-state index is 12.9. The van der Waals surface area contributed by atoms with E-state index in [9.17, 15) is 13.9 Å². The third-order valence-electron chi connectivity index (χ3n) is 5.41. The number of fused-ring (bicyclic) bond motifs is 1. The highest BCUT2D eigenvalue weighted by molar-refractivity contribution is 8.24. The van der Waals surface area contributed by atoms with Crippen molar-refractivity contribution < 1.29 is 18.6 Å². The molecule has 10 nitrogen and oxygen atoms in total. The summed E-state index contributed by atoms with van der Waals surface area (Å²) in [4.78, 5) is 19.0. The van der Waals surface area contributed by atoms with E-state index >= 15 is 0 Å². The summed E-state index contributed by atoms with van der Waals surface area (Å²) in [5, 5.41) is 3.12. The van der Waals surface area contributed by atoms with Crippen LogP contribution in [0.3, 0.4) is 0 Å². The zero-order chi connectivity index (χ0) is 22.2. The molecule has 0 spiro atoms. The molecule has 0 radical (unpaired) electrons. The van der Waals surface area contributed by atoms with Crippen LogP contribution in [0, 0.1) is 0 Å². The fourth-order valence-electron chi connectivity index (χ4n) is 3.60. The van der Waals surface area contributed by atoms with Crippen molar-refractivity contribution in [1.29, 1.82) is 0 Å². The number of nitrogens with zero attached hydrogens (tertiary/aromatic N) is 3. The monoisotopic (exact) mass is 446 g/mol. The molecule has 1 aliphatic carbocycles. The molecule has 166 valence electrons. The maximum Gasteiger partial charge on any atom is 0.252 e. The first-order valence-electron chi connectivity index (χ1n) is 9.81. The number of aromatic nitrogens is 1. The number of rotatable bonds is 6. The average molecular weight is 447 g/mol. The van der Waals surface area contributed by atoms with Gasteiger partial charge in [0, 0.05) is 25.9 Å². The molecule has 0 saturated heterocycles. The van der Waals surface area contributed by atoms with Gasteiger partial charge in [-0.25, -0.2) is 4.98 Å². The first-order valence-corrected chi connectivity index (χ1v) is 11.3. The summed E-state index contributed by atoms with van der Waals surface area (Å²) in [7, 11) is 0.376. The molecular formula is C20H26N6O4S. The number of carbonyl (C=O) groups excluding carboxylic acids is 1. The van der Waals surface area contributed by atoms with Gasteiger partial charge in [-0.3, -0.25) is 18.6 Å². The SMILES string of the molecule is CN(C)c1cc(C(=O)NC2(COc3cccc4c3C(N)=NS(O)(O)N4)CCC2)ccn1. The van der Waals surface area contributed by atoms with Gasteiger partial charge in [-0.1, -0.05) is 6.07 Å². The van der Waals surface area contributed by atoms with Crippen LogP contribution in [-0.2, 0) is 0 Å². The number of carbonyl (C=O) groups is 1. The molecule has 0 unspecified atom stereocenters. The second kappa shape index (κ2) is 7.91. The molecule has 31 heavy (non-hydrogen) atoms. The maximum absolute atomic E-state index is 12.9. The number of nitrogens with one attached hydrogen (secondary N) is 2. The first kappa shape index (κ1) is 21.2. The van der Waals surface area contributed by atoms with Crippen molar-refractivity contribution in [2.75, 3.05) is 30.3 Å². The third-order valence-corrected chi connectivity index (χ3v) is 6.36. The fourth-order valence-corrected chi connectivity index (χ4v) is 4.47. The number of ether oxygens (including phenoxy) is 1. The first-order chi connectivity index (χ1) is 14.7. The van der Waals surface area contributed by atoms with Crippen molar-refractivity contribution in [3.05, 3.63) is 47.7 Å². The van der Waals surface area contributed by atoms with Gasteiger partial charge >= 0.3 is 0 Å². The molecule has 4 rings (SSSR count). The van der Waals surface area contributed by atoms with Crippen molar-refractivity contribution >= 4 is 34.2 Å². The molecule has 0 bridgehead atoms. The van der Waals surface area contributed by atoms with Crippen LogP contribution in [-0.4, -0.2) is 52.1 Å². The lowest BCUT2D eigenvalue weighted by Gasteiger charge is -2.42. The van der Waals surface area contributed by atoms with Crippen LogP contribution in [0.25, 0.3) is 0 Å². The van der Waals surface area contributed by atoms with Gasteiger partial charge in [0.05, 0.1) is 16.8 Å². The average Bonchev–Trinajstić information content (AvgIpc) is 2.68. The smallest absolute Gasteiger partial charge is 0.252 e. The Hall–Kier alpha value is -3.02. The van der Waals surface area contributed by atoms with E-state index < -0.39 is 16.5 Å². The molecule has 2 aliphatic rings. The lowest BCUT2D eigenvalue weighted by Crippen LogP contribution is -2.57. The van der Waals surface area contributed by atoms with E-state index in [4.69, 9.17) is 10.5 Å². The quantitative estimate of drug-likeness (QED) is 0.455. The number of anilines is 2. The van der Waals surface area contributed by atoms with E-state index in [1.807, 2.05) is 19.0 Å². The molecule has 1 amide bonds. The van der Waals surface area contributed by atoms with Gasteiger partial charge in [-0.05, 0) is 54.5 Å². The Balaban J connectivity index is 1.50. The number of hydrogen-bond donors (Lipinski definition) is 5. The van der Waals surface area contributed by atoms with Gasteiger partial charge in [0.15, 0.2) is 5.84 Å². The summed E-state index contributed by atoms with van der Waals surface area (Å²) in [6.45, 7) is 0.254. The number of nitrogens with two attached hydrogens (primary N) is 1. The zero-order valence-electron chi connectivity index (χ0n) is 17.3. The van der Waals surface area contributed by atoms with E-state index in [0.717, 1.165) is 19.3 Å². The Morgan fingerprint density at radius 1 is 1.35 bits per heavy atom. The fraction of sp³-hybridized carbons (Fsp3) is 0.350. The number of benzene rings is 1. The van der Waals surface area contributed by atoms with Crippen LogP contribution >= 0.6 is 11.0 Å². The number of hydrogen-bond acceptors (Lipinski definition) is 9. The van der Waals surface area contributed by atoms with Crippen molar-refractivity contribution in [3.8, 4) is 5.75 Å².